The maximum atomic E-state index is 12.4. The van der Waals surface area contributed by atoms with E-state index in [9.17, 15) is 9.59 Å². The van der Waals surface area contributed by atoms with Gasteiger partial charge >= 0.3 is 0 Å². The Morgan fingerprint density at radius 2 is 1.66 bits per heavy atom. The van der Waals surface area contributed by atoms with Crippen LogP contribution in [0.1, 0.15) is 24.2 Å². The van der Waals surface area contributed by atoms with Gasteiger partial charge in [0.25, 0.3) is 11.8 Å². The molecule has 0 aliphatic carbocycles. The van der Waals surface area contributed by atoms with Gasteiger partial charge in [-0.3, -0.25) is 25.8 Å². The summed E-state index contributed by atoms with van der Waals surface area (Å²) in [5, 5.41) is 2.42. The van der Waals surface area contributed by atoms with Crippen LogP contribution in [0.4, 0.5) is 0 Å². The fourth-order valence-electron chi connectivity index (χ4n) is 2.20. The Hall–Kier alpha value is -3.33. The number of rotatable bonds is 7. The Morgan fingerprint density at radius 1 is 1.00 bits per heavy atom. The molecule has 0 aliphatic rings. The number of hydrogen-bond acceptors (Lipinski definition) is 6. The lowest BCUT2D eigenvalue weighted by molar-refractivity contribution is -0.123. The van der Waals surface area contributed by atoms with Gasteiger partial charge in [0.05, 0.1) is 18.8 Å². The number of methoxy groups -OCH3 is 1. The van der Waals surface area contributed by atoms with Gasteiger partial charge in [-0.15, -0.1) is 0 Å². The molecule has 0 heterocycles. The fraction of sp³-hybridized carbons (Fsp3) is 0.250. The third-order valence-corrected chi connectivity index (χ3v) is 3.67. The van der Waals surface area contributed by atoms with Crippen LogP contribution in [0.15, 0.2) is 48.5 Å². The molecule has 3 N–H and O–H groups in total. The minimum Gasteiger partial charge on any atom is -0.497 e. The van der Waals surface area contributed by atoms with E-state index in [-0.39, 0.29) is 17.8 Å². The molecule has 9 heteroatoms. The molecule has 2 amide bonds. The summed E-state index contributed by atoms with van der Waals surface area (Å²) in [7, 11) is 1.56. The van der Waals surface area contributed by atoms with Gasteiger partial charge in [0.2, 0.25) is 0 Å². The van der Waals surface area contributed by atoms with Crippen LogP contribution in [0.2, 0.25) is 0 Å². The van der Waals surface area contributed by atoms with Crippen molar-refractivity contribution >= 4 is 29.1 Å². The van der Waals surface area contributed by atoms with Crippen LogP contribution < -0.4 is 30.4 Å². The van der Waals surface area contributed by atoms with E-state index in [1.165, 1.54) is 0 Å². The fourth-order valence-corrected chi connectivity index (χ4v) is 2.34. The van der Waals surface area contributed by atoms with Crippen LogP contribution in [0.5, 0.6) is 17.2 Å². The summed E-state index contributed by atoms with van der Waals surface area (Å²) in [6, 6.07) is 13.6. The molecule has 2 rings (SSSR count). The number of ether oxygens (including phenoxy) is 3. The molecule has 0 unspecified atom stereocenters. The van der Waals surface area contributed by atoms with Crippen molar-refractivity contribution in [2.45, 2.75) is 20.0 Å². The van der Waals surface area contributed by atoms with Gasteiger partial charge in [-0.1, -0.05) is 12.1 Å². The van der Waals surface area contributed by atoms with Gasteiger partial charge in [0, 0.05) is 0 Å². The van der Waals surface area contributed by atoms with Crippen LogP contribution in [-0.2, 0) is 4.79 Å². The summed E-state index contributed by atoms with van der Waals surface area (Å²) in [4.78, 5) is 24.3. The highest BCUT2D eigenvalue weighted by Crippen LogP contribution is 2.19. The monoisotopic (exact) mass is 417 g/mol. The summed E-state index contributed by atoms with van der Waals surface area (Å²) in [5.74, 6) is 0.715. The van der Waals surface area contributed by atoms with Crippen molar-refractivity contribution < 1.29 is 23.8 Å². The average molecular weight is 417 g/mol. The Balaban J connectivity index is 1.78. The largest absolute Gasteiger partial charge is 0.497 e. The Labute approximate surface area is 174 Å². The molecule has 0 saturated carbocycles. The molecule has 154 valence electrons. The van der Waals surface area contributed by atoms with E-state index in [0.717, 1.165) is 0 Å². The number of hydrogen-bond donors (Lipinski definition) is 3. The lowest BCUT2D eigenvalue weighted by atomic mass is 10.2. The predicted molar refractivity (Wildman–Crippen MR) is 112 cm³/mol. The second-order valence-corrected chi connectivity index (χ2v) is 6.49. The Morgan fingerprint density at radius 3 is 2.31 bits per heavy atom. The molecule has 0 saturated heterocycles. The second kappa shape index (κ2) is 10.9. The van der Waals surface area contributed by atoms with E-state index in [0.29, 0.717) is 22.8 Å². The van der Waals surface area contributed by atoms with Crippen LogP contribution >= 0.6 is 12.2 Å². The SMILES string of the molecule is COc1ccc(OCC(=O)NNC(=S)NC(=O)c2ccccc2OC(C)C)cc1. The number of para-hydroxylation sites is 1. The number of nitrogens with one attached hydrogen (secondary N) is 3. The van der Waals surface area contributed by atoms with Crippen LogP contribution in [0.3, 0.4) is 0 Å². The van der Waals surface area contributed by atoms with E-state index in [1.807, 2.05) is 13.8 Å². The number of carbonyl (C=O) groups excluding carboxylic acids is 2. The standard InChI is InChI=1S/C20H23N3O5S/c1-13(2)28-17-7-5-4-6-16(17)19(25)21-20(29)23-22-18(24)12-27-15-10-8-14(26-3)9-11-15/h4-11,13H,12H2,1-3H3,(H,22,24)(H2,21,23,25,29). The van der Waals surface area contributed by atoms with E-state index in [2.05, 4.69) is 16.2 Å². The third-order valence-electron chi connectivity index (χ3n) is 3.47. The van der Waals surface area contributed by atoms with Crippen molar-refractivity contribution in [1.82, 2.24) is 16.2 Å². The molecule has 0 atom stereocenters. The molecule has 2 aromatic carbocycles. The molecule has 0 aromatic heterocycles. The molecular formula is C20H23N3O5S. The average Bonchev–Trinajstić information content (AvgIpc) is 2.71. The van der Waals surface area contributed by atoms with Crippen LogP contribution in [0.25, 0.3) is 0 Å². The first-order chi connectivity index (χ1) is 13.9. The molecule has 8 nitrogen and oxygen atoms in total. The number of amides is 2. The smallest absolute Gasteiger partial charge is 0.276 e. The lowest BCUT2D eigenvalue weighted by Gasteiger charge is -2.15. The predicted octanol–water partition coefficient (Wildman–Crippen LogP) is 2.20. The first kappa shape index (κ1) is 22.0. The van der Waals surface area contributed by atoms with Gasteiger partial charge in [0.15, 0.2) is 11.7 Å². The highest BCUT2D eigenvalue weighted by molar-refractivity contribution is 7.80. The van der Waals surface area contributed by atoms with Gasteiger partial charge in [0.1, 0.15) is 17.2 Å². The molecule has 0 radical (unpaired) electrons. The summed E-state index contributed by atoms with van der Waals surface area (Å²) in [6.07, 6.45) is -0.0842. The summed E-state index contributed by atoms with van der Waals surface area (Å²) in [6.45, 7) is 3.50. The van der Waals surface area contributed by atoms with Crippen molar-refractivity contribution in [3.05, 3.63) is 54.1 Å². The van der Waals surface area contributed by atoms with Crippen molar-refractivity contribution in [2.75, 3.05) is 13.7 Å². The van der Waals surface area contributed by atoms with E-state index in [1.54, 1.807) is 55.6 Å². The molecular weight excluding hydrogens is 394 g/mol. The third kappa shape index (κ3) is 7.30. The van der Waals surface area contributed by atoms with Gasteiger partial charge in [-0.2, -0.15) is 0 Å². The number of benzene rings is 2. The normalized spacial score (nSPS) is 10.1. The van der Waals surface area contributed by atoms with E-state index < -0.39 is 11.8 Å². The minimum atomic E-state index is -0.471. The first-order valence-corrected chi connectivity index (χ1v) is 9.22. The summed E-state index contributed by atoms with van der Waals surface area (Å²) >= 11 is 5.03. The molecule has 2 aromatic rings. The van der Waals surface area contributed by atoms with Gasteiger partial charge in [-0.05, 0) is 62.5 Å². The van der Waals surface area contributed by atoms with Crippen molar-refractivity contribution in [3.63, 3.8) is 0 Å². The first-order valence-electron chi connectivity index (χ1n) is 8.81. The summed E-state index contributed by atoms with van der Waals surface area (Å²) in [5.41, 5.74) is 5.14. The summed E-state index contributed by atoms with van der Waals surface area (Å²) < 4.78 is 16.0. The van der Waals surface area contributed by atoms with Crippen LogP contribution in [-0.4, -0.2) is 36.7 Å². The highest BCUT2D eigenvalue weighted by atomic mass is 32.1. The number of hydrazine groups is 1. The Kier molecular flexibility index (Phi) is 8.23. The van der Waals surface area contributed by atoms with Gasteiger partial charge < -0.3 is 14.2 Å². The van der Waals surface area contributed by atoms with E-state index in [4.69, 9.17) is 26.4 Å². The van der Waals surface area contributed by atoms with Crippen molar-refractivity contribution in [2.24, 2.45) is 0 Å². The lowest BCUT2D eigenvalue weighted by Crippen LogP contribution is -2.49. The zero-order chi connectivity index (χ0) is 21.2. The molecule has 0 aliphatic heterocycles. The van der Waals surface area contributed by atoms with Gasteiger partial charge in [-0.25, -0.2) is 0 Å². The molecule has 0 fully saturated rings. The number of thiocarbonyl (C=S) groups is 1. The maximum Gasteiger partial charge on any atom is 0.276 e. The zero-order valence-corrected chi connectivity index (χ0v) is 17.2. The van der Waals surface area contributed by atoms with Crippen molar-refractivity contribution in [1.29, 1.82) is 0 Å². The van der Waals surface area contributed by atoms with Crippen molar-refractivity contribution in [3.8, 4) is 17.2 Å². The van der Waals surface area contributed by atoms with E-state index >= 15 is 0 Å². The minimum absolute atomic E-state index is 0.0628. The quantitative estimate of drug-likeness (QED) is 0.469. The number of carbonyl (C=O) groups is 2. The topological polar surface area (TPSA) is 97.9 Å². The maximum absolute atomic E-state index is 12.4. The molecule has 29 heavy (non-hydrogen) atoms. The van der Waals surface area contributed by atoms with Crippen LogP contribution in [0, 0.1) is 0 Å². The highest BCUT2D eigenvalue weighted by Gasteiger charge is 2.14. The molecule has 0 bridgehead atoms. The molecule has 0 spiro atoms. The second-order valence-electron chi connectivity index (χ2n) is 6.08. The zero-order valence-electron chi connectivity index (χ0n) is 16.4. The Bertz CT molecular complexity index is 855.